The number of hydrogen-bond donors (Lipinski definition) is 1. The fourth-order valence-corrected chi connectivity index (χ4v) is 2.86. The Morgan fingerprint density at radius 3 is 2.26 bits per heavy atom. The van der Waals surface area contributed by atoms with Crippen molar-refractivity contribution >= 4 is 11.3 Å². The Labute approximate surface area is 120 Å². The molecule has 0 bridgehead atoms. The zero-order valence-corrected chi connectivity index (χ0v) is 12.8. The molecule has 0 saturated carbocycles. The Hall–Kier alpha value is -1.12. The summed E-state index contributed by atoms with van der Waals surface area (Å²) in [6.45, 7) is 7.73. The molecule has 1 heterocycles. The summed E-state index contributed by atoms with van der Waals surface area (Å²) in [6, 6.07) is 11.6. The maximum atomic E-state index is 3.59. The lowest BCUT2D eigenvalue weighted by Crippen LogP contribution is -2.21. The van der Waals surface area contributed by atoms with Crippen molar-refractivity contribution in [3.8, 4) is 0 Å². The van der Waals surface area contributed by atoms with Gasteiger partial charge in [-0.3, -0.25) is 0 Å². The SMILES string of the molecule is CC(C)c1ccc(C(C)NCCc2ccsc2)cc1. The van der Waals surface area contributed by atoms with Gasteiger partial charge in [-0.2, -0.15) is 11.3 Å². The van der Waals surface area contributed by atoms with Crippen molar-refractivity contribution in [3.63, 3.8) is 0 Å². The van der Waals surface area contributed by atoms with Gasteiger partial charge in [0.1, 0.15) is 0 Å². The summed E-state index contributed by atoms with van der Waals surface area (Å²) in [5, 5.41) is 7.96. The molecule has 2 aromatic rings. The van der Waals surface area contributed by atoms with Crippen molar-refractivity contribution in [1.82, 2.24) is 5.32 Å². The van der Waals surface area contributed by atoms with Crippen LogP contribution in [0.5, 0.6) is 0 Å². The first-order valence-electron chi connectivity index (χ1n) is 7.01. The predicted octanol–water partition coefficient (Wildman–Crippen LogP) is 4.76. The molecule has 1 aromatic heterocycles. The molecule has 0 saturated heterocycles. The summed E-state index contributed by atoms with van der Waals surface area (Å²) in [7, 11) is 0. The summed E-state index contributed by atoms with van der Waals surface area (Å²) in [5.74, 6) is 0.607. The van der Waals surface area contributed by atoms with E-state index in [0.717, 1.165) is 13.0 Å². The van der Waals surface area contributed by atoms with E-state index in [0.29, 0.717) is 12.0 Å². The van der Waals surface area contributed by atoms with E-state index >= 15 is 0 Å². The van der Waals surface area contributed by atoms with Gasteiger partial charge < -0.3 is 5.32 Å². The molecule has 2 heteroatoms. The largest absolute Gasteiger partial charge is 0.310 e. The summed E-state index contributed by atoms with van der Waals surface area (Å²) in [5.41, 5.74) is 4.21. The second kappa shape index (κ2) is 6.88. The first-order valence-corrected chi connectivity index (χ1v) is 7.95. The van der Waals surface area contributed by atoms with E-state index in [4.69, 9.17) is 0 Å². The van der Waals surface area contributed by atoms with Gasteiger partial charge in [0.15, 0.2) is 0 Å². The monoisotopic (exact) mass is 273 g/mol. The van der Waals surface area contributed by atoms with E-state index in [1.54, 1.807) is 11.3 Å². The van der Waals surface area contributed by atoms with Crippen LogP contribution in [0.2, 0.25) is 0 Å². The third kappa shape index (κ3) is 4.19. The molecule has 0 aliphatic heterocycles. The van der Waals surface area contributed by atoms with Gasteiger partial charge in [-0.25, -0.2) is 0 Å². The quantitative estimate of drug-likeness (QED) is 0.799. The van der Waals surface area contributed by atoms with E-state index in [1.807, 2.05) is 0 Å². The summed E-state index contributed by atoms with van der Waals surface area (Å²) in [6.07, 6.45) is 1.11. The third-order valence-electron chi connectivity index (χ3n) is 3.55. The maximum Gasteiger partial charge on any atom is 0.0291 e. The number of thiophene rings is 1. The highest BCUT2D eigenvalue weighted by Crippen LogP contribution is 2.18. The predicted molar refractivity (Wildman–Crippen MR) is 85.0 cm³/mol. The summed E-state index contributed by atoms with van der Waals surface area (Å²) >= 11 is 1.77. The average Bonchev–Trinajstić information content (AvgIpc) is 2.92. The van der Waals surface area contributed by atoms with Crippen LogP contribution in [0.15, 0.2) is 41.1 Å². The van der Waals surface area contributed by atoms with Crippen molar-refractivity contribution in [2.24, 2.45) is 0 Å². The Bertz CT molecular complexity index is 470. The van der Waals surface area contributed by atoms with Crippen molar-refractivity contribution in [3.05, 3.63) is 57.8 Å². The van der Waals surface area contributed by atoms with Crippen molar-refractivity contribution in [2.75, 3.05) is 6.54 Å². The van der Waals surface area contributed by atoms with Gasteiger partial charge in [0.05, 0.1) is 0 Å². The maximum absolute atomic E-state index is 3.59. The lowest BCUT2D eigenvalue weighted by molar-refractivity contribution is 0.577. The van der Waals surface area contributed by atoms with Gasteiger partial charge in [-0.15, -0.1) is 0 Å². The Balaban J connectivity index is 1.83. The minimum absolute atomic E-state index is 0.417. The third-order valence-corrected chi connectivity index (χ3v) is 4.28. The lowest BCUT2D eigenvalue weighted by Gasteiger charge is -2.15. The molecule has 0 radical (unpaired) electrons. The highest BCUT2D eigenvalue weighted by atomic mass is 32.1. The first-order chi connectivity index (χ1) is 9.16. The van der Waals surface area contributed by atoms with Crippen molar-refractivity contribution in [1.29, 1.82) is 0 Å². The van der Waals surface area contributed by atoms with Crippen LogP contribution in [0.1, 0.15) is 49.4 Å². The summed E-state index contributed by atoms with van der Waals surface area (Å²) < 4.78 is 0. The molecule has 0 spiro atoms. The smallest absolute Gasteiger partial charge is 0.0291 e. The molecule has 1 atom stereocenters. The lowest BCUT2D eigenvalue weighted by atomic mass is 9.99. The van der Waals surface area contributed by atoms with E-state index in [1.165, 1.54) is 16.7 Å². The second-order valence-corrected chi connectivity index (χ2v) is 6.16. The van der Waals surface area contributed by atoms with Gasteiger partial charge in [0.2, 0.25) is 0 Å². The molecule has 102 valence electrons. The van der Waals surface area contributed by atoms with Crippen LogP contribution in [0.25, 0.3) is 0 Å². The highest BCUT2D eigenvalue weighted by molar-refractivity contribution is 7.07. The van der Waals surface area contributed by atoms with Crippen LogP contribution in [0, 0.1) is 0 Å². The zero-order valence-electron chi connectivity index (χ0n) is 12.0. The Kier molecular flexibility index (Phi) is 5.17. The minimum Gasteiger partial charge on any atom is -0.310 e. The van der Waals surface area contributed by atoms with E-state index in [2.05, 4.69) is 67.2 Å². The van der Waals surface area contributed by atoms with Gasteiger partial charge in [0, 0.05) is 6.04 Å². The van der Waals surface area contributed by atoms with Crippen LogP contribution in [-0.4, -0.2) is 6.54 Å². The van der Waals surface area contributed by atoms with Crippen molar-refractivity contribution < 1.29 is 0 Å². The molecule has 0 amide bonds. The van der Waals surface area contributed by atoms with Crippen molar-refractivity contribution in [2.45, 2.75) is 39.2 Å². The second-order valence-electron chi connectivity index (χ2n) is 5.38. The van der Waals surface area contributed by atoms with Gasteiger partial charge >= 0.3 is 0 Å². The van der Waals surface area contributed by atoms with E-state index in [9.17, 15) is 0 Å². The number of rotatable bonds is 6. The standard InChI is InChI=1S/C17H23NS/c1-13(2)16-4-6-17(7-5-16)14(3)18-10-8-15-9-11-19-12-15/h4-7,9,11-14,18H,8,10H2,1-3H3. The van der Waals surface area contributed by atoms with Crippen LogP contribution in [-0.2, 0) is 6.42 Å². The fraction of sp³-hybridized carbons (Fsp3) is 0.412. The number of hydrogen-bond acceptors (Lipinski definition) is 2. The molecule has 1 N–H and O–H groups in total. The number of nitrogens with one attached hydrogen (secondary N) is 1. The van der Waals surface area contributed by atoms with E-state index < -0.39 is 0 Å². The van der Waals surface area contributed by atoms with Crippen LogP contribution in [0.4, 0.5) is 0 Å². The average molecular weight is 273 g/mol. The van der Waals surface area contributed by atoms with Gasteiger partial charge in [-0.1, -0.05) is 38.1 Å². The molecular formula is C17H23NS. The molecule has 1 aromatic carbocycles. The number of benzene rings is 1. The van der Waals surface area contributed by atoms with Crippen LogP contribution >= 0.6 is 11.3 Å². The molecule has 2 rings (SSSR count). The van der Waals surface area contributed by atoms with E-state index in [-0.39, 0.29) is 0 Å². The fourth-order valence-electron chi connectivity index (χ4n) is 2.16. The minimum atomic E-state index is 0.417. The molecule has 19 heavy (non-hydrogen) atoms. The normalized spacial score (nSPS) is 12.8. The summed E-state index contributed by atoms with van der Waals surface area (Å²) in [4.78, 5) is 0. The molecule has 0 aliphatic rings. The van der Waals surface area contributed by atoms with Gasteiger partial charge in [0.25, 0.3) is 0 Å². The Morgan fingerprint density at radius 1 is 1.00 bits per heavy atom. The Morgan fingerprint density at radius 2 is 1.68 bits per heavy atom. The van der Waals surface area contributed by atoms with Crippen LogP contribution < -0.4 is 5.32 Å². The molecule has 1 nitrogen and oxygen atoms in total. The first kappa shape index (κ1) is 14.3. The molecule has 0 fully saturated rings. The zero-order chi connectivity index (χ0) is 13.7. The topological polar surface area (TPSA) is 12.0 Å². The van der Waals surface area contributed by atoms with Crippen LogP contribution in [0.3, 0.4) is 0 Å². The molecule has 0 aliphatic carbocycles. The highest BCUT2D eigenvalue weighted by Gasteiger charge is 2.05. The molecule has 1 unspecified atom stereocenters. The van der Waals surface area contributed by atoms with Gasteiger partial charge in [-0.05, 0) is 59.3 Å². The molecular weight excluding hydrogens is 250 g/mol.